The van der Waals surface area contributed by atoms with Crippen molar-refractivity contribution in [3.05, 3.63) is 59.0 Å². The summed E-state index contributed by atoms with van der Waals surface area (Å²) in [6.07, 6.45) is 0. The van der Waals surface area contributed by atoms with Crippen LogP contribution in [0.15, 0.2) is 36.4 Å². The van der Waals surface area contributed by atoms with Crippen LogP contribution in [0.5, 0.6) is 5.88 Å². The minimum atomic E-state index is -0.275. The van der Waals surface area contributed by atoms with Crippen LogP contribution < -0.4 is 10.5 Å². The van der Waals surface area contributed by atoms with E-state index in [-0.39, 0.29) is 17.8 Å². The van der Waals surface area contributed by atoms with Crippen molar-refractivity contribution in [2.24, 2.45) is 5.73 Å². The van der Waals surface area contributed by atoms with Crippen molar-refractivity contribution in [2.45, 2.75) is 39.3 Å². The lowest BCUT2D eigenvalue weighted by Crippen LogP contribution is -2.15. The minimum absolute atomic E-state index is 0.0959. The summed E-state index contributed by atoms with van der Waals surface area (Å²) in [4.78, 5) is 4.50. The van der Waals surface area contributed by atoms with Crippen molar-refractivity contribution < 1.29 is 9.13 Å². The van der Waals surface area contributed by atoms with E-state index in [0.29, 0.717) is 18.0 Å². The molecular formula is C17H21FN2O. The molecule has 0 atom stereocenters. The number of nitrogens with zero attached hydrogens (tertiary/aromatic N) is 1. The van der Waals surface area contributed by atoms with Gasteiger partial charge >= 0.3 is 0 Å². The van der Waals surface area contributed by atoms with E-state index in [4.69, 9.17) is 10.5 Å². The van der Waals surface area contributed by atoms with Crippen LogP contribution in [0.25, 0.3) is 0 Å². The predicted molar refractivity (Wildman–Crippen MR) is 81.6 cm³/mol. The summed E-state index contributed by atoms with van der Waals surface area (Å²) in [7, 11) is 0. The van der Waals surface area contributed by atoms with Gasteiger partial charge in [0.15, 0.2) is 0 Å². The van der Waals surface area contributed by atoms with Crippen LogP contribution >= 0.6 is 0 Å². The Hall–Kier alpha value is -1.94. The first-order valence-electron chi connectivity index (χ1n) is 6.98. The van der Waals surface area contributed by atoms with Gasteiger partial charge in [-0.05, 0) is 17.7 Å². The van der Waals surface area contributed by atoms with Crippen molar-refractivity contribution in [3.63, 3.8) is 0 Å². The molecular weight excluding hydrogens is 267 g/mol. The van der Waals surface area contributed by atoms with Gasteiger partial charge in [0.25, 0.3) is 0 Å². The maximum atomic E-state index is 13.6. The molecule has 0 unspecified atom stereocenters. The number of hydrogen-bond acceptors (Lipinski definition) is 3. The molecule has 0 saturated heterocycles. The average Bonchev–Trinajstić information content (AvgIpc) is 2.45. The van der Waals surface area contributed by atoms with E-state index in [1.165, 1.54) is 6.07 Å². The zero-order valence-electron chi connectivity index (χ0n) is 12.7. The lowest BCUT2D eigenvalue weighted by molar-refractivity contribution is 0.285. The standard InChI is InChI=1S/C17H21FN2O/c1-17(2,3)15-8-12(10-19)9-16(20-15)21-11-13-6-4-5-7-14(13)18/h4-9H,10-11,19H2,1-3H3. The van der Waals surface area contributed by atoms with E-state index in [2.05, 4.69) is 25.8 Å². The second kappa shape index (κ2) is 6.22. The van der Waals surface area contributed by atoms with Crippen LogP contribution in [-0.2, 0) is 18.6 Å². The lowest BCUT2D eigenvalue weighted by atomic mass is 9.91. The van der Waals surface area contributed by atoms with Crippen LogP contribution in [0.3, 0.4) is 0 Å². The highest BCUT2D eigenvalue weighted by Crippen LogP contribution is 2.24. The molecule has 1 heterocycles. The Bertz CT molecular complexity index is 620. The van der Waals surface area contributed by atoms with Gasteiger partial charge in [-0.15, -0.1) is 0 Å². The SMILES string of the molecule is CC(C)(C)c1cc(CN)cc(OCc2ccccc2F)n1. The molecule has 0 aliphatic rings. The lowest BCUT2D eigenvalue weighted by Gasteiger charge is -2.19. The Morgan fingerprint density at radius 3 is 2.52 bits per heavy atom. The number of rotatable bonds is 4. The summed E-state index contributed by atoms with van der Waals surface area (Å²) in [5.41, 5.74) is 8.00. The third-order valence-corrected chi connectivity index (χ3v) is 3.20. The number of aromatic nitrogens is 1. The summed E-state index contributed by atoms with van der Waals surface area (Å²) in [5.74, 6) is 0.203. The maximum absolute atomic E-state index is 13.6. The van der Waals surface area contributed by atoms with Crippen molar-refractivity contribution in [1.82, 2.24) is 4.98 Å². The number of pyridine rings is 1. The molecule has 2 rings (SSSR count). The third kappa shape index (κ3) is 4.02. The van der Waals surface area contributed by atoms with Crippen LogP contribution in [0, 0.1) is 5.82 Å². The van der Waals surface area contributed by atoms with Crippen LogP contribution in [0.1, 0.15) is 37.6 Å². The van der Waals surface area contributed by atoms with Crippen LogP contribution in [-0.4, -0.2) is 4.98 Å². The number of ether oxygens (including phenoxy) is 1. The van der Waals surface area contributed by atoms with Gasteiger partial charge in [0, 0.05) is 23.6 Å². The molecule has 0 amide bonds. The molecule has 0 aliphatic heterocycles. The number of halogens is 1. The first-order valence-corrected chi connectivity index (χ1v) is 6.98. The van der Waals surface area contributed by atoms with Gasteiger partial charge < -0.3 is 10.5 Å². The van der Waals surface area contributed by atoms with Gasteiger partial charge in [0.2, 0.25) is 5.88 Å². The molecule has 0 spiro atoms. The van der Waals surface area contributed by atoms with Crippen LogP contribution in [0.2, 0.25) is 0 Å². The molecule has 0 fully saturated rings. The summed E-state index contributed by atoms with van der Waals surface area (Å²) >= 11 is 0. The van der Waals surface area contributed by atoms with Gasteiger partial charge in [-0.2, -0.15) is 0 Å². The van der Waals surface area contributed by atoms with Gasteiger partial charge in [-0.25, -0.2) is 9.37 Å². The van der Waals surface area contributed by atoms with Crippen molar-refractivity contribution in [2.75, 3.05) is 0 Å². The van der Waals surface area contributed by atoms with E-state index in [9.17, 15) is 4.39 Å². The highest BCUT2D eigenvalue weighted by Gasteiger charge is 2.17. The first-order chi connectivity index (χ1) is 9.90. The topological polar surface area (TPSA) is 48.1 Å². The summed E-state index contributed by atoms with van der Waals surface area (Å²) in [6, 6.07) is 10.3. The number of hydrogen-bond donors (Lipinski definition) is 1. The van der Waals surface area contributed by atoms with E-state index in [0.717, 1.165) is 11.3 Å². The molecule has 3 nitrogen and oxygen atoms in total. The van der Waals surface area contributed by atoms with Gasteiger partial charge in [0.05, 0.1) is 5.69 Å². The summed E-state index contributed by atoms with van der Waals surface area (Å²) in [5, 5.41) is 0. The normalized spacial score (nSPS) is 11.5. The Morgan fingerprint density at radius 1 is 1.19 bits per heavy atom. The number of benzene rings is 1. The molecule has 0 saturated carbocycles. The maximum Gasteiger partial charge on any atom is 0.214 e. The van der Waals surface area contributed by atoms with Gasteiger partial charge in [-0.1, -0.05) is 39.0 Å². The molecule has 2 N–H and O–H groups in total. The largest absolute Gasteiger partial charge is 0.473 e. The highest BCUT2D eigenvalue weighted by molar-refractivity contribution is 5.29. The monoisotopic (exact) mass is 288 g/mol. The molecule has 21 heavy (non-hydrogen) atoms. The zero-order chi connectivity index (χ0) is 15.5. The quantitative estimate of drug-likeness (QED) is 0.936. The Balaban J connectivity index is 2.22. The fourth-order valence-corrected chi connectivity index (χ4v) is 1.90. The Labute approximate surface area is 125 Å². The molecule has 112 valence electrons. The predicted octanol–water partition coefficient (Wildman–Crippen LogP) is 3.56. The fraction of sp³-hybridized carbons (Fsp3) is 0.353. The highest BCUT2D eigenvalue weighted by atomic mass is 19.1. The molecule has 1 aromatic heterocycles. The molecule has 0 aliphatic carbocycles. The molecule has 2 aromatic rings. The smallest absolute Gasteiger partial charge is 0.214 e. The van der Waals surface area contributed by atoms with Gasteiger partial charge in [0.1, 0.15) is 12.4 Å². The van der Waals surface area contributed by atoms with E-state index in [1.54, 1.807) is 24.3 Å². The second-order valence-electron chi connectivity index (χ2n) is 6.03. The fourth-order valence-electron chi connectivity index (χ4n) is 1.90. The van der Waals surface area contributed by atoms with Crippen LogP contribution in [0.4, 0.5) is 4.39 Å². The minimum Gasteiger partial charge on any atom is -0.473 e. The van der Waals surface area contributed by atoms with Crippen molar-refractivity contribution >= 4 is 0 Å². The van der Waals surface area contributed by atoms with Crippen molar-refractivity contribution in [1.29, 1.82) is 0 Å². The molecule has 1 aromatic carbocycles. The average molecular weight is 288 g/mol. The van der Waals surface area contributed by atoms with Gasteiger partial charge in [-0.3, -0.25) is 0 Å². The Morgan fingerprint density at radius 2 is 1.90 bits per heavy atom. The summed E-state index contributed by atoms with van der Waals surface area (Å²) < 4.78 is 19.2. The first kappa shape index (κ1) is 15.4. The molecule has 0 bridgehead atoms. The molecule has 4 heteroatoms. The second-order valence-corrected chi connectivity index (χ2v) is 6.03. The van der Waals surface area contributed by atoms with Crippen molar-refractivity contribution in [3.8, 4) is 5.88 Å². The Kier molecular flexibility index (Phi) is 4.58. The summed E-state index contributed by atoms with van der Waals surface area (Å²) in [6.45, 7) is 6.81. The van der Waals surface area contributed by atoms with E-state index >= 15 is 0 Å². The zero-order valence-corrected chi connectivity index (χ0v) is 12.7. The van der Waals surface area contributed by atoms with E-state index < -0.39 is 0 Å². The number of nitrogens with two attached hydrogens (primary N) is 1. The van der Waals surface area contributed by atoms with E-state index in [1.807, 2.05) is 6.07 Å². The third-order valence-electron chi connectivity index (χ3n) is 3.20. The molecule has 0 radical (unpaired) electrons.